The van der Waals surface area contributed by atoms with Gasteiger partial charge in [0.25, 0.3) is 5.56 Å². The zero-order chi connectivity index (χ0) is 18.2. The first kappa shape index (κ1) is 17.9. The van der Waals surface area contributed by atoms with Crippen LogP contribution in [0.4, 0.5) is 5.95 Å². The highest BCUT2D eigenvalue weighted by Gasteiger charge is 2.26. The van der Waals surface area contributed by atoms with Crippen molar-refractivity contribution in [2.45, 2.75) is 58.5 Å². The van der Waals surface area contributed by atoms with Crippen LogP contribution in [0.3, 0.4) is 0 Å². The van der Waals surface area contributed by atoms with Crippen molar-refractivity contribution in [3.05, 3.63) is 16.0 Å². The van der Waals surface area contributed by atoms with Gasteiger partial charge in [0.05, 0.1) is 11.8 Å². The molecule has 2 aromatic rings. The van der Waals surface area contributed by atoms with Gasteiger partial charge >= 0.3 is 0 Å². The monoisotopic (exact) mass is 347 g/mol. The molecule has 0 amide bonds. The SMILES string of the molecule is CCCN(CC1CCCO1)c1nc2c(C(C)(C)C)nn(C)c2c(=O)[nH]1. The Morgan fingerprint density at radius 2 is 2.16 bits per heavy atom. The van der Waals surface area contributed by atoms with Gasteiger partial charge in [-0.2, -0.15) is 5.10 Å². The van der Waals surface area contributed by atoms with Crippen LogP contribution in [0.5, 0.6) is 0 Å². The summed E-state index contributed by atoms with van der Waals surface area (Å²) in [5.41, 5.74) is 1.76. The zero-order valence-corrected chi connectivity index (χ0v) is 15.9. The highest BCUT2D eigenvalue weighted by Crippen LogP contribution is 2.27. The van der Waals surface area contributed by atoms with E-state index >= 15 is 0 Å². The summed E-state index contributed by atoms with van der Waals surface area (Å²) >= 11 is 0. The number of nitrogens with zero attached hydrogens (tertiary/aromatic N) is 4. The topological polar surface area (TPSA) is 76.0 Å². The first-order chi connectivity index (χ1) is 11.8. The van der Waals surface area contributed by atoms with Gasteiger partial charge in [-0.1, -0.05) is 27.7 Å². The molecule has 138 valence electrons. The second-order valence-electron chi connectivity index (χ2n) is 7.89. The molecule has 0 bridgehead atoms. The maximum atomic E-state index is 12.7. The Hall–Kier alpha value is -1.89. The van der Waals surface area contributed by atoms with Crippen LogP contribution in [0.2, 0.25) is 0 Å². The highest BCUT2D eigenvalue weighted by atomic mass is 16.5. The lowest BCUT2D eigenvalue weighted by molar-refractivity contribution is 0.115. The first-order valence-corrected chi connectivity index (χ1v) is 9.15. The molecule has 1 aliphatic rings. The smallest absolute Gasteiger partial charge is 0.278 e. The summed E-state index contributed by atoms with van der Waals surface area (Å²) < 4.78 is 7.41. The van der Waals surface area contributed by atoms with Crippen LogP contribution in [-0.4, -0.2) is 45.5 Å². The van der Waals surface area contributed by atoms with Crippen LogP contribution in [0.15, 0.2) is 4.79 Å². The van der Waals surface area contributed by atoms with Crippen molar-refractivity contribution in [2.75, 3.05) is 24.6 Å². The predicted molar refractivity (Wildman–Crippen MR) is 99.3 cm³/mol. The Morgan fingerprint density at radius 1 is 1.40 bits per heavy atom. The van der Waals surface area contributed by atoms with E-state index in [9.17, 15) is 4.79 Å². The van der Waals surface area contributed by atoms with Gasteiger partial charge in [0.1, 0.15) is 5.52 Å². The Morgan fingerprint density at radius 3 is 2.76 bits per heavy atom. The predicted octanol–water partition coefficient (Wildman–Crippen LogP) is 2.35. The fraction of sp³-hybridized carbons (Fsp3) is 0.722. The Kier molecular flexibility index (Phi) is 4.86. The van der Waals surface area contributed by atoms with Crippen molar-refractivity contribution in [3.8, 4) is 0 Å². The van der Waals surface area contributed by atoms with Gasteiger partial charge < -0.3 is 9.64 Å². The van der Waals surface area contributed by atoms with Crippen molar-refractivity contribution in [1.82, 2.24) is 19.7 Å². The molecule has 7 heteroatoms. The maximum Gasteiger partial charge on any atom is 0.278 e. The summed E-state index contributed by atoms with van der Waals surface area (Å²) in [6, 6.07) is 0. The standard InChI is InChI=1S/C18H29N5O2/c1-6-9-23(11-12-8-7-10-25-12)17-19-13-14(16(24)20-17)22(5)21-15(13)18(2,3)4/h12H,6-11H2,1-5H3,(H,19,20,24). The molecule has 1 fully saturated rings. The van der Waals surface area contributed by atoms with E-state index in [2.05, 4.69) is 42.7 Å². The van der Waals surface area contributed by atoms with E-state index in [0.717, 1.165) is 44.7 Å². The van der Waals surface area contributed by atoms with Gasteiger partial charge in [-0.25, -0.2) is 4.98 Å². The number of aromatic amines is 1. The third-order valence-corrected chi connectivity index (χ3v) is 4.63. The molecule has 1 saturated heterocycles. The van der Waals surface area contributed by atoms with Gasteiger partial charge in [-0.05, 0) is 19.3 Å². The Bertz CT molecular complexity index is 796. The molecule has 25 heavy (non-hydrogen) atoms. The average Bonchev–Trinajstić information content (AvgIpc) is 3.14. The molecule has 0 radical (unpaired) electrons. The second-order valence-corrected chi connectivity index (χ2v) is 7.89. The van der Waals surface area contributed by atoms with E-state index < -0.39 is 0 Å². The van der Waals surface area contributed by atoms with Gasteiger partial charge in [0.2, 0.25) is 5.95 Å². The van der Waals surface area contributed by atoms with Crippen molar-refractivity contribution in [2.24, 2.45) is 7.05 Å². The lowest BCUT2D eigenvalue weighted by Gasteiger charge is -2.25. The molecule has 0 spiro atoms. The molecule has 1 N–H and O–H groups in total. The van der Waals surface area contributed by atoms with Crippen molar-refractivity contribution in [3.63, 3.8) is 0 Å². The molecule has 1 atom stereocenters. The third-order valence-electron chi connectivity index (χ3n) is 4.63. The van der Waals surface area contributed by atoms with Crippen LogP contribution in [0.1, 0.15) is 52.7 Å². The summed E-state index contributed by atoms with van der Waals surface area (Å²) in [4.78, 5) is 22.6. The van der Waals surface area contributed by atoms with Crippen molar-refractivity contribution in [1.29, 1.82) is 0 Å². The molecular weight excluding hydrogens is 318 g/mol. The fourth-order valence-corrected chi connectivity index (χ4v) is 3.41. The summed E-state index contributed by atoms with van der Waals surface area (Å²) in [7, 11) is 1.80. The molecule has 0 aromatic carbocycles. The van der Waals surface area contributed by atoms with Gasteiger partial charge in [0.15, 0.2) is 5.52 Å². The molecule has 0 aliphatic carbocycles. The lowest BCUT2D eigenvalue weighted by Crippen LogP contribution is -2.35. The average molecular weight is 347 g/mol. The zero-order valence-electron chi connectivity index (χ0n) is 15.9. The summed E-state index contributed by atoms with van der Waals surface area (Å²) in [5.74, 6) is 0.619. The van der Waals surface area contributed by atoms with E-state index in [1.54, 1.807) is 11.7 Å². The van der Waals surface area contributed by atoms with E-state index in [1.807, 2.05) is 0 Å². The van der Waals surface area contributed by atoms with Gasteiger partial charge in [-0.15, -0.1) is 0 Å². The minimum Gasteiger partial charge on any atom is -0.376 e. The molecule has 1 unspecified atom stereocenters. The van der Waals surface area contributed by atoms with E-state index in [4.69, 9.17) is 9.72 Å². The molecule has 2 aromatic heterocycles. The minimum atomic E-state index is -0.179. The number of ether oxygens (including phenoxy) is 1. The maximum absolute atomic E-state index is 12.7. The fourth-order valence-electron chi connectivity index (χ4n) is 3.41. The molecule has 7 nitrogen and oxygen atoms in total. The highest BCUT2D eigenvalue weighted by molar-refractivity contribution is 5.78. The number of aryl methyl sites for hydroxylation is 1. The normalized spacial score (nSPS) is 18.2. The Labute approximate surface area is 148 Å². The molecular formula is C18H29N5O2. The van der Waals surface area contributed by atoms with Crippen LogP contribution < -0.4 is 10.5 Å². The lowest BCUT2D eigenvalue weighted by atomic mass is 9.91. The van der Waals surface area contributed by atoms with Gasteiger partial charge in [0, 0.05) is 32.2 Å². The minimum absolute atomic E-state index is 0.140. The number of rotatable bonds is 5. The quantitative estimate of drug-likeness (QED) is 0.898. The number of H-pyrrole nitrogens is 1. The first-order valence-electron chi connectivity index (χ1n) is 9.15. The van der Waals surface area contributed by atoms with Gasteiger partial charge in [-0.3, -0.25) is 14.5 Å². The van der Waals surface area contributed by atoms with E-state index in [1.165, 1.54) is 0 Å². The number of hydrogen-bond donors (Lipinski definition) is 1. The third kappa shape index (κ3) is 3.56. The molecule has 1 aliphatic heterocycles. The van der Waals surface area contributed by atoms with Crippen molar-refractivity contribution >= 4 is 17.0 Å². The number of nitrogens with one attached hydrogen (secondary N) is 1. The summed E-state index contributed by atoms with van der Waals surface area (Å²) in [6.45, 7) is 10.8. The number of hydrogen-bond acceptors (Lipinski definition) is 5. The number of aromatic nitrogens is 4. The molecule has 3 heterocycles. The largest absolute Gasteiger partial charge is 0.376 e. The van der Waals surface area contributed by atoms with Crippen molar-refractivity contribution < 1.29 is 4.74 Å². The van der Waals surface area contributed by atoms with Crippen LogP contribution in [0.25, 0.3) is 11.0 Å². The summed E-state index contributed by atoms with van der Waals surface area (Å²) in [5, 5.41) is 4.56. The second kappa shape index (κ2) is 6.78. The molecule has 0 saturated carbocycles. The summed E-state index contributed by atoms with van der Waals surface area (Å²) in [6.07, 6.45) is 3.36. The van der Waals surface area contributed by atoms with E-state index in [-0.39, 0.29) is 17.1 Å². The van der Waals surface area contributed by atoms with E-state index in [0.29, 0.717) is 17.0 Å². The van der Waals surface area contributed by atoms with Crippen LogP contribution in [-0.2, 0) is 17.2 Å². The number of anilines is 1. The Balaban J connectivity index is 2.06. The van der Waals surface area contributed by atoms with Crippen LogP contribution >= 0.6 is 0 Å². The molecule has 3 rings (SSSR count). The van der Waals surface area contributed by atoms with Crippen LogP contribution in [0, 0.1) is 0 Å². The number of fused-ring (bicyclic) bond motifs is 1.